The Kier molecular flexibility index (Phi) is 9.19. The molecule has 0 bridgehead atoms. The van der Waals surface area contributed by atoms with E-state index in [-0.39, 0.29) is 0 Å². The maximum atomic E-state index is 11.2. The zero-order valence-electron chi connectivity index (χ0n) is 33.7. The summed E-state index contributed by atoms with van der Waals surface area (Å²) in [6.45, 7) is 0. The normalized spacial score (nSPS) is 12.5. The van der Waals surface area contributed by atoms with Gasteiger partial charge in [0.15, 0.2) is 0 Å². The number of rotatable bonds is 11. The molecule has 0 amide bonds. The van der Waals surface area contributed by atoms with Crippen LogP contribution >= 0.6 is 7.05 Å². The lowest BCUT2D eigenvalue weighted by Gasteiger charge is -2.35. The molecule has 0 aromatic heterocycles. The van der Waals surface area contributed by atoms with E-state index < -0.39 is 7.05 Å². The summed E-state index contributed by atoms with van der Waals surface area (Å²) in [4.78, 5) is 4.52. The van der Waals surface area contributed by atoms with Gasteiger partial charge < -0.3 is 33.9 Å². The summed E-state index contributed by atoms with van der Waals surface area (Å²) in [6, 6.07) is 61.0. The molecule has 1 heterocycles. The largest absolute Gasteiger partial charge is 0.497 e. The molecule has 0 spiro atoms. The lowest BCUT2D eigenvalue weighted by atomic mass is 9.94. The third-order valence-electron chi connectivity index (χ3n) is 11.6. The van der Waals surface area contributed by atoms with Crippen LogP contribution in [0.25, 0.3) is 32.3 Å². The summed E-state index contributed by atoms with van der Waals surface area (Å²) in [6.07, 6.45) is 0. The van der Waals surface area contributed by atoms with Crippen molar-refractivity contribution in [2.24, 2.45) is 0 Å². The minimum Gasteiger partial charge on any atom is -0.497 e. The van der Waals surface area contributed by atoms with Gasteiger partial charge in [0.25, 0.3) is 0 Å². The second-order valence-corrected chi connectivity index (χ2v) is 17.6. The molecule has 9 aromatic rings. The minimum atomic E-state index is -3.09. The van der Waals surface area contributed by atoms with E-state index in [4.69, 9.17) is 18.9 Å². The second kappa shape index (κ2) is 14.9. The van der Waals surface area contributed by atoms with Crippen LogP contribution in [0.2, 0.25) is 0 Å². The number of hydrogen-bond acceptors (Lipinski definition) is 7. The van der Waals surface area contributed by atoms with E-state index in [0.29, 0.717) is 0 Å². The molecule has 1 aliphatic heterocycles. The molecular formula is C52H42N3O4P. The van der Waals surface area contributed by atoms with Crippen molar-refractivity contribution in [1.82, 2.24) is 0 Å². The second-order valence-electron chi connectivity index (χ2n) is 14.8. The summed E-state index contributed by atoms with van der Waals surface area (Å²) < 4.78 is 22.3. The summed E-state index contributed by atoms with van der Waals surface area (Å²) >= 11 is 0. The average molecular weight is 804 g/mol. The van der Waals surface area contributed by atoms with E-state index in [9.17, 15) is 5.16 Å². The van der Waals surface area contributed by atoms with Crippen LogP contribution in [0.5, 0.6) is 23.0 Å². The first-order valence-corrected chi connectivity index (χ1v) is 21.6. The first-order valence-electron chi connectivity index (χ1n) is 19.8. The van der Waals surface area contributed by atoms with E-state index >= 15 is 0 Å². The fourth-order valence-electron chi connectivity index (χ4n) is 8.74. The van der Waals surface area contributed by atoms with Crippen LogP contribution in [-0.2, 0) is 0 Å². The quantitative estimate of drug-likeness (QED) is 0.104. The fourth-order valence-corrected chi connectivity index (χ4v) is 12.0. The molecule has 1 aliphatic rings. The Balaban J connectivity index is 1.28. The minimum absolute atomic E-state index is 0.781. The van der Waals surface area contributed by atoms with Crippen molar-refractivity contribution in [3.8, 4) is 23.0 Å². The first kappa shape index (κ1) is 37.1. The predicted molar refractivity (Wildman–Crippen MR) is 250 cm³/mol. The maximum Gasteiger partial charge on any atom is 0.119 e. The number of ether oxygens (including phenoxy) is 4. The van der Waals surface area contributed by atoms with Crippen LogP contribution in [0.15, 0.2) is 176 Å². The Hall–Kier alpha value is -7.21. The highest BCUT2D eigenvalue weighted by atomic mass is 31.2. The molecule has 0 radical (unpaired) electrons. The molecule has 60 heavy (non-hydrogen) atoms. The summed E-state index contributed by atoms with van der Waals surface area (Å²) in [5, 5.41) is 21.1. The van der Waals surface area contributed by atoms with Gasteiger partial charge in [-0.2, -0.15) is 0 Å². The number of hydrogen-bond donors (Lipinski definition) is 1. The van der Waals surface area contributed by atoms with Crippen molar-refractivity contribution in [2.45, 2.75) is 0 Å². The summed E-state index contributed by atoms with van der Waals surface area (Å²) in [5.41, 5.74) is 5.80. The molecule has 1 N–H and O–H groups in total. The highest BCUT2D eigenvalue weighted by Crippen LogP contribution is 2.55. The molecule has 0 saturated heterocycles. The Morgan fingerprint density at radius 1 is 0.350 bits per heavy atom. The van der Waals surface area contributed by atoms with Gasteiger partial charge in [-0.1, -0.05) is 54.6 Å². The average Bonchev–Trinajstić information content (AvgIpc) is 3.31. The molecular weight excluding hydrogens is 762 g/mol. The van der Waals surface area contributed by atoms with Crippen LogP contribution in [0.1, 0.15) is 0 Å². The van der Waals surface area contributed by atoms with Gasteiger partial charge in [-0.05, 0) is 148 Å². The van der Waals surface area contributed by atoms with Crippen molar-refractivity contribution in [3.05, 3.63) is 176 Å². The van der Waals surface area contributed by atoms with Crippen molar-refractivity contribution in [1.29, 1.82) is 5.16 Å². The Morgan fingerprint density at radius 2 is 0.683 bits per heavy atom. The van der Waals surface area contributed by atoms with E-state index in [0.717, 1.165) is 100.0 Å². The van der Waals surface area contributed by atoms with E-state index in [1.807, 2.05) is 54.6 Å². The molecule has 0 fully saturated rings. The van der Waals surface area contributed by atoms with Gasteiger partial charge in [0.2, 0.25) is 0 Å². The van der Waals surface area contributed by atoms with Crippen molar-refractivity contribution in [2.75, 3.05) is 38.2 Å². The molecule has 8 heteroatoms. The van der Waals surface area contributed by atoms with Crippen LogP contribution < -0.4 is 44.7 Å². The van der Waals surface area contributed by atoms with Gasteiger partial charge in [0.1, 0.15) is 23.0 Å². The van der Waals surface area contributed by atoms with Gasteiger partial charge in [-0.3, -0.25) is 0 Å². The van der Waals surface area contributed by atoms with E-state index in [1.54, 1.807) is 28.4 Å². The van der Waals surface area contributed by atoms with Crippen LogP contribution in [-0.4, -0.2) is 28.4 Å². The Bertz CT molecular complexity index is 2820. The molecule has 9 aromatic carbocycles. The summed E-state index contributed by atoms with van der Waals surface area (Å²) in [7, 11) is 3.64. The van der Waals surface area contributed by atoms with Gasteiger partial charge in [0, 0.05) is 55.5 Å². The smallest absolute Gasteiger partial charge is 0.119 e. The van der Waals surface area contributed by atoms with Gasteiger partial charge in [-0.15, -0.1) is 0 Å². The SMILES string of the molecule is COc1ccc(N(c2ccc(OC)cc2)c2cc3c4c(ccc5ccc6cc(N(c7ccc(OC)cc7)c7ccc(OC)cc7)cc(c6c54)P3(=N)c3ccccc3)c2)cc1. The standard InChI is InChI=1S/C52H42N3O4P/c1-56-43-22-14-37(15-23-43)54(38-16-24-44(57-2)25-17-38)41-30-35-12-10-34-11-13-36-31-42(55(39-18-26-45(58-3)27-19-39)40-20-28-46(59-4)29-21-40)33-49-51(36)52(34)50(35)48(32-41)60(49,53)47-8-6-5-7-9-47/h5-33,53H,1-4H3. The van der Waals surface area contributed by atoms with Crippen LogP contribution in [0.4, 0.5) is 34.1 Å². The predicted octanol–water partition coefficient (Wildman–Crippen LogP) is 12.5. The zero-order valence-corrected chi connectivity index (χ0v) is 34.6. The van der Waals surface area contributed by atoms with Crippen molar-refractivity contribution >= 4 is 89.4 Å². The molecule has 294 valence electrons. The number of nitrogens with zero attached hydrogens (tertiary/aromatic N) is 2. The number of anilines is 6. The molecule has 0 atom stereocenters. The maximum absolute atomic E-state index is 11.2. The fraction of sp³-hybridized carbons (Fsp3) is 0.0769. The van der Waals surface area contributed by atoms with Gasteiger partial charge in [0.05, 0.1) is 35.5 Å². The monoisotopic (exact) mass is 803 g/mol. The van der Waals surface area contributed by atoms with Crippen molar-refractivity contribution < 1.29 is 18.9 Å². The highest BCUT2D eigenvalue weighted by Gasteiger charge is 2.36. The van der Waals surface area contributed by atoms with Crippen LogP contribution in [0, 0.1) is 5.16 Å². The topological polar surface area (TPSA) is 67.2 Å². The van der Waals surface area contributed by atoms with Crippen molar-refractivity contribution in [3.63, 3.8) is 0 Å². The molecule has 0 aliphatic carbocycles. The molecule has 0 saturated carbocycles. The Morgan fingerprint density at radius 3 is 1.02 bits per heavy atom. The lowest BCUT2D eigenvalue weighted by Crippen LogP contribution is -2.29. The molecule has 0 unspecified atom stereocenters. The number of nitrogens with one attached hydrogen (secondary N) is 1. The Labute approximate surface area is 349 Å². The van der Waals surface area contributed by atoms with E-state index in [2.05, 4.69) is 131 Å². The van der Waals surface area contributed by atoms with Gasteiger partial charge in [-0.25, -0.2) is 0 Å². The highest BCUT2D eigenvalue weighted by molar-refractivity contribution is 7.87. The zero-order chi connectivity index (χ0) is 41.0. The molecule has 10 rings (SSSR count). The van der Waals surface area contributed by atoms with E-state index in [1.165, 1.54) is 5.39 Å². The van der Waals surface area contributed by atoms with Crippen LogP contribution in [0.3, 0.4) is 0 Å². The third-order valence-corrected chi connectivity index (χ3v) is 14.9. The lowest BCUT2D eigenvalue weighted by molar-refractivity contribution is 0.414. The summed E-state index contributed by atoms with van der Waals surface area (Å²) in [5.74, 6) is 3.12. The third kappa shape index (κ3) is 6.01. The van der Waals surface area contributed by atoms with Gasteiger partial charge >= 0.3 is 0 Å². The number of methoxy groups -OCH3 is 4. The first-order chi connectivity index (χ1) is 29.4. The molecule has 7 nitrogen and oxygen atoms in total. The number of benzene rings is 9.